The fourth-order valence-corrected chi connectivity index (χ4v) is 4.41. The third kappa shape index (κ3) is 4.81. The number of nitrogens with one attached hydrogen (secondary N) is 1. The van der Waals surface area contributed by atoms with Crippen LogP contribution >= 0.6 is 0 Å². The maximum absolute atomic E-state index is 12.3. The normalized spacial score (nSPS) is 14.9. The molecule has 0 fully saturated rings. The fourth-order valence-electron chi connectivity index (χ4n) is 4.41. The smallest absolute Gasteiger partial charge is 0.246 e. The highest BCUT2D eigenvalue weighted by Gasteiger charge is 2.37. The summed E-state index contributed by atoms with van der Waals surface area (Å²) in [4.78, 5) is 6.34. The van der Waals surface area contributed by atoms with Crippen LogP contribution in [0.15, 0.2) is 127 Å². The maximum Gasteiger partial charge on any atom is 0.246 e. The van der Waals surface area contributed by atoms with E-state index < -0.39 is 5.60 Å². The van der Waals surface area contributed by atoms with E-state index in [0.717, 1.165) is 34.5 Å². The zero-order chi connectivity index (χ0) is 25.7. The van der Waals surface area contributed by atoms with Crippen LogP contribution in [0.3, 0.4) is 0 Å². The molecule has 0 spiro atoms. The van der Waals surface area contributed by atoms with E-state index in [1.165, 1.54) is 0 Å². The van der Waals surface area contributed by atoms with Gasteiger partial charge in [0.15, 0.2) is 0 Å². The Morgan fingerprint density at radius 3 is 2.14 bits per heavy atom. The zero-order valence-electron chi connectivity index (χ0n) is 21.1. The van der Waals surface area contributed by atoms with E-state index in [1.54, 1.807) is 11.0 Å². The first kappa shape index (κ1) is 24.9. The molecule has 6 heteroatoms. The Bertz CT molecular complexity index is 1290. The van der Waals surface area contributed by atoms with Gasteiger partial charge in [0, 0.05) is 36.8 Å². The standard InChI is InChI=1S/C30H33N5O/c1-6-27(22(3)30(36,25-14-10-8-11-15-25)26-16-12-9-13-17-26)28-20-24(18-19-34(28)5)23(4)32-29-31-21-35(7-2)33-29/h8-21,36H,3-4,6-7H2,1-2,5H3,(H,32,33)/b28-27-. The first-order chi connectivity index (χ1) is 17.4. The van der Waals surface area contributed by atoms with Gasteiger partial charge in [-0.2, -0.15) is 0 Å². The lowest BCUT2D eigenvalue weighted by molar-refractivity contribution is 0.123. The maximum atomic E-state index is 12.3. The minimum atomic E-state index is -1.39. The molecule has 6 nitrogen and oxygen atoms in total. The van der Waals surface area contributed by atoms with Crippen LogP contribution in [0.2, 0.25) is 0 Å². The second-order valence-electron chi connectivity index (χ2n) is 8.69. The van der Waals surface area contributed by atoms with Crippen molar-refractivity contribution in [1.29, 1.82) is 0 Å². The Hall–Kier alpha value is -4.16. The number of aryl methyl sites for hydroxylation is 1. The van der Waals surface area contributed by atoms with Crippen LogP contribution in [0.4, 0.5) is 5.95 Å². The van der Waals surface area contributed by atoms with Crippen molar-refractivity contribution in [1.82, 2.24) is 19.7 Å². The van der Waals surface area contributed by atoms with Crippen molar-refractivity contribution in [2.75, 3.05) is 12.4 Å². The van der Waals surface area contributed by atoms with Crippen LogP contribution < -0.4 is 5.32 Å². The van der Waals surface area contributed by atoms with Crippen molar-refractivity contribution in [3.8, 4) is 0 Å². The summed E-state index contributed by atoms with van der Waals surface area (Å²) in [5.41, 5.74) is 4.28. The van der Waals surface area contributed by atoms with E-state index >= 15 is 0 Å². The van der Waals surface area contributed by atoms with Gasteiger partial charge in [-0.05, 0) is 47.8 Å². The molecule has 3 aromatic rings. The highest BCUT2D eigenvalue weighted by Crippen LogP contribution is 2.42. The second-order valence-corrected chi connectivity index (χ2v) is 8.69. The number of anilines is 1. The first-order valence-corrected chi connectivity index (χ1v) is 12.1. The zero-order valence-corrected chi connectivity index (χ0v) is 21.1. The largest absolute Gasteiger partial charge is 0.376 e. The minimum Gasteiger partial charge on any atom is -0.376 e. The summed E-state index contributed by atoms with van der Waals surface area (Å²) in [6, 6.07) is 19.4. The Morgan fingerprint density at radius 1 is 1.00 bits per heavy atom. The number of aromatic nitrogens is 3. The van der Waals surface area contributed by atoms with Gasteiger partial charge < -0.3 is 15.3 Å². The molecule has 36 heavy (non-hydrogen) atoms. The number of benzene rings is 2. The number of allylic oxidation sites excluding steroid dienone is 2. The minimum absolute atomic E-state index is 0.503. The van der Waals surface area contributed by atoms with Gasteiger partial charge in [0.05, 0.1) is 0 Å². The van der Waals surface area contributed by atoms with Crippen molar-refractivity contribution in [2.24, 2.45) is 0 Å². The van der Waals surface area contributed by atoms with Crippen molar-refractivity contribution < 1.29 is 5.11 Å². The number of hydrogen-bond acceptors (Lipinski definition) is 5. The molecule has 0 bridgehead atoms. The number of hydrogen-bond donors (Lipinski definition) is 2. The number of nitrogens with zero attached hydrogens (tertiary/aromatic N) is 4. The second kappa shape index (κ2) is 10.6. The van der Waals surface area contributed by atoms with Crippen LogP contribution in [0, 0.1) is 0 Å². The van der Waals surface area contributed by atoms with Gasteiger partial charge in [-0.1, -0.05) is 80.7 Å². The summed E-state index contributed by atoms with van der Waals surface area (Å²) in [5.74, 6) is 0.503. The first-order valence-electron chi connectivity index (χ1n) is 12.1. The van der Waals surface area contributed by atoms with Crippen molar-refractivity contribution in [3.63, 3.8) is 0 Å². The lowest BCUT2D eigenvalue weighted by Crippen LogP contribution is -2.31. The van der Waals surface area contributed by atoms with Gasteiger partial charge in [-0.25, -0.2) is 4.98 Å². The molecule has 0 saturated carbocycles. The highest BCUT2D eigenvalue weighted by atomic mass is 16.3. The predicted octanol–water partition coefficient (Wildman–Crippen LogP) is 5.77. The van der Waals surface area contributed by atoms with E-state index in [1.807, 2.05) is 91.8 Å². The molecule has 0 radical (unpaired) electrons. The van der Waals surface area contributed by atoms with E-state index in [9.17, 15) is 5.11 Å². The van der Waals surface area contributed by atoms with E-state index in [-0.39, 0.29) is 0 Å². The van der Waals surface area contributed by atoms with E-state index in [2.05, 4.69) is 41.6 Å². The summed E-state index contributed by atoms with van der Waals surface area (Å²) in [7, 11) is 1.99. The van der Waals surface area contributed by atoms with Crippen molar-refractivity contribution >= 4 is 5.95 Å². The molecule has 1 aliphatic rings. The van der Waals surface area contributed by atoms with Gasteiger partial charge in [-0.3, -0.25) is 4.68 Å². The van der Waals surface area contributed by atoms with E-state index in [0.29, 0.717) is 23.6 Å². The Morgan fingerprint density at radius 2 is 1.61 bits per heavy atom. The van der Waals surface area contributed by atoms with Gasteiger partial charge in [0.2, 0.25) is 5.95 Å². The molecular formula is C30H33N5O. The van der Waals surface area contributed by atoms with Crippen molar-refractivity contribution in [3.05, 3.63) is 138 Å². The Kier molecular flexibility index (Phi) is 7.36. The molecule has 2 N–H and O–H groups in total. The molecule has 0 atom stereocenters. The van der Waals surface area contributed by atoms with Gasteiger partial charge in [0.25, 0.3) is 0 Å². The summed E-state index contributed by atoms with van der Waals surface area (Å²) in [6.45, 7) is 13.5. The molecule has 2 heterocycles. The molecule has 184 valence electrons. The molecule has 0 aliphatic carbocycles. The summed E-state index contributed by atoms with van der Waals surface area (Å²) in [6.07, 6.45) is 8.41. The predicted molar refractivity (Wildman–Crippen MR) is 146 cm³/mol. The fraction of sp³-hybridized carbons (Fsp3) is 0.200. The lowest BCUT2D eigenvalue weighted by atomic mass is 9.76. The third-order valence-corrected chi connectivity index (χ3v) is 6.47. The highest BCUT2D eigenvalue weighted by molar-refractivity contribution is 5.58. The SMILES string of the molecule is C=C(Nc1ncn(CC)n1)C1=C/C(=C(\CC)C(=C)C(O)(c2ccccc2)c2ccccc2)N(C)C=C1. The van der Waals surface area contributed by atoms with Gasteiger partial charge >= 0.3 is 0 Å². The third-order valence-electron chi connectivity index (χ3n) is 6.47. The average Bonchev–Trinajstić information content (AvgIpc) is 3.38. The van der Waals surface area contributed by atoms with Crippen LogP contribution in [0.5, 0.6) is 0 Å². The van der Waals surface area contributed by atoms with E-state index in [4.69, 9.17) is 0 Å². The molecule has 0 saturated heterocycles. The summed E-state index contributed by atoms with van der Waals surface area (Å²) < 4.78 is 1.76. The number of likely N-dealkylation sites (N-methyl/N-ethyl adjacent to an activating group) is 1. The van der Waals surface area contributed by atoms with Crippen LogP contribution in [0.25, 0.3) is 0 Å². The number of rotatable bonds is 9. The van der Waals surface area contributed by atoms with Gasteiger partial charge in [-0.15, -0.1) is 5.10 Å². The molecule has 0 unspecified atom stereocenters. The summed E-state index contributed by atoms with van der Waals surface area (Å²) in [5, 5.41) is 19.9. The Labute approximate surface area is 213 Å². The number of aliphatic hydroxyl groups is 1. The summed E-state index contributed by atoms with van der Waals surface area (Å²) >= 11 is 0. The molecule has 1 aliphatic heterocycles. The van der Waals surface area contributed by atoms with Gasteiger partial charge in [0.1, 0.15) is 11.9 Å². The molecular weight excluding hydrogens is 446 g/mol. The monoisotopic (exact) mass is 479 g/mol. The lowest BCUT2D eigenvalue weighted by Gasteiger charge is -2.35. The van der Waals surface area contributed by atoms with Crippen LogP contribution in [-0.4, -0.2) is 31.8 Å². The van der Waals surface area contributed by atoms with Crippen molar-refractivity contribution in [2.45, 2.75) is 32.4 Å². The quantitative estimate of drug-likeness (QED) is 0.408. The molecule has 4 rings (SSSR count). The molecule has 1 aromatic heterocycles. The van der Waals surface area contributed by atoms with Crippen LogP contribution in [0.1, 0.15) is 31.4 Å². The van der Waals surface area contributed by atoms with Crippen LogP contribution in [-0.2, 0) is 12.1 Å². The average molecular weight is 480 g/mol. The molecule has 0 amide bonds. The molecule has 2 aromatic carbocycles. The Balaban J connectivity index is 1.76. The topological polar surface area (TPSA) is 66.2 Å².